The van der Waals surface area contributed by atoms with Crippen LogP contribution in [0.1, 0.15) is 37.6 Å². The van der Waals surface area contributed by atoms with Crippen LogP contribution in [0.5, 0.6) is 0 Å². The van der Waals surface area contributed by atoms with Crippen molar-refractivity contribution in [2.24, 2.45) is 5.73 Å². The number of benzene rings is 1. The molecule has 0 fully saturated rings. The number of hydrogen-bond acceptors (Lipinski definition) is 5. The van der Waals surface area contributed by atoms with Crippen LogP contribution in [0, 0.1) is 0 Å². The number of rotatable bonds is 10. The van der Waals surface area contributed by atoms with Gasteiger partial charge in [0, 0.05) is 23.6 Å². The molecule has 0 spiro atoms. The Labute approximate surface area is 171 Å². The summed E-state index contributed by atoms with van der Waals surface area (Å²) in [5.74, 6) is -0.342. The van der Waals surface area contributed by atoms with Gasteiger partial charge in [0.25, 0.3) is 5.91 Å². The average Bonchev–Trinajstić information content (AvgIpc) is 3.09. The molecule has 0 saturated heterocycles. The summed E-state index contributed by atoms with van der Waals surface area (Å²) in [4.78, 5) is 28.9. The number of primary amides is 1. The first-order valence-electron chi connectivity index (χ1n) is 8.94. The molecule has 1 unspecified atom stereocenters. The lowest BCUT2D eigenvalue weighted by molar-refractivity contribution is -0.129. The van der Waals surface area contributed by atoms with Gasteiger partial charge in [-0.3, -0.25) is 4.79 Å². The van der Waals surface area contributed by atoms with Crippen LogP contribution >= 0.6 is 27.3 Å². The van der Waals surface area contributed by atoms with E-state index in [1.54, 1.807) is 6.20 Å². The number of carbonyl (C=O) groups is 2. The highest BCUT2D eigenvalue weighted by Crippen LogP contribution is 2.28. The molecule has 0 saturated carbocycles. The van der Waals surface area contributed by atoms with Crippen molar-refractivity contribution in [3.63, 3.8) is 0 Å². The SMILES string of the molecule is CCCCCCNC(=O)C(Cc1ncc(-c2ccc(Br)cc2)s1)OC(N)=O. The lowest BCUT2D eigenvalue weighted by atomic mass is 10.2. The number of halogens is 1. The Kier molecular flexibility index (Phi) is 8.74. The molecule has 6 nitrogen and oxygen atoms in total. The molecule has 0 aliphatic rings. The largest absolute Gasteiger partial charge is 0.436 e. The van der Waals surface area contributed by atoms with Crippen molar-refractivity contribution in [2.45, 2.75) is 45.1 Å². The summed E-state index contributed by atoms with van der Waals surface area (Å²) in [7, 11) is 0. The van der Waals surface area contributed by atoms with Crippen molar-refractivity contribution < 1.29 is 14.3 Å². The minimum absolute atomic E-state index is 0.199. The predicted octanol–water partition coefficient (Wildman–Crippen LogP) is 4.28. The lowest BCUT2D eigenvalue weighted by Crippen LogP contribution is -2.40. The Morgan fingerprint density at radius 2 is 2.00 bits per heavy atom. The smallest absolute Gasteiger partial charge is 0.405 e. The van der Waals surface area contributed by atoms with Crippen LogP contribution in [0.3, 0.4) is 0 Å². The van der Waals surface area contributed by atoms with Gasteiger partial charge in [-0.25, -0.2) is 9.78 Å². The van der Waals surface area contributed by atoms with E-state index >= 15 is 0 Å². The van der Waals surface area contributed by atoms with Crippen molar-refractivity contribution >= 4 is 39.3 Å². The normalized spacial score (nSPS) is 11.8. The van der Waals surface area contributed by atoms with Gasteiger partial charge >= 0.3 is 6.09 Å². The average molecular weight is 454 g/mol. The first-order valence-corrected chi connectivity index (χ1v) is 10.5. The molecule has 3 N–H and O–H groups in total. The highest BCUT2D eigenvalue weighted by atomic mass is 79.9. The van der Waals surface area contributed by atoms with Crippen LogP contribution in [0.15, 0.2) is 34.9 Å². The fourth-order valence-electron chi connectivity index (χ4n) is 2.52. The number of nitrogens with two attached hydrogens (primary N) is 1. The molecule has 27 heavy (non-hydrogen) atoms. The summed E-state index contributed by atoms with van der Waals surface area (Å²) in [5.41, 5.74) is 6.16. The third-order valence-electron chi connectivity index (χ3n) is 3.92. The van der Waals surface area contributed by atoms with Gasteiger partial charge in [-0.2, -0.15) is 0 Å². The van der Waals surface area contributed by atoms with Crippen LogP contribution in [0.25, 0.3) is 10.4 Å². The van der Waals surface area contributed by atoms with E-state index in [0.29, 0.717) is 11.6 Å². The molecule has 2 aromatic rings. The van der Waals surface area contributed by atoms with Gasteiger partial charge in [0.05, 0.1) is 9.88 Å². The molecule has 1 heterocycles. The number of nitrogens with one attached hydrogen (secondary N) is 1. The fraction of sp³-hybridized carbons (Fsp3) is 0.421. The van der Waals surface area contributed by atoms with Crippen LogP contribution in [-0.2, 0) is 16.0 Å². The molecule has 1 aromatic heterocycles. The molecule has 0 aliphatic heterocycles. The number of aromatic nitrogens is 1. The molecule has 0 bridgehead atoms. The highest BCUT2D eigenvalue weighted by molar-refractivity contribution is 9.10. The van der Waals surface area contributed by atoms with Crippen molar-refractivity contribution in [1.82, 2.24) is 10.3 Å². The van der Waals surface area contributed by atoms with Gasteiger partial charge in [-0.1, -0.05) is 54.2 Å². The van der Waals surface area contributed by atoms with Gasteiger partial charge in [0.1, 0.15) is 0 Å². The zero-order valence-electron chi connectivity index (χ0n) is 15.2. The standard InChI is InChI=1S/C19H24BrN3O3S/c1-2-3-4-5-10-22-18(24)15(26-19(21)25)11-17-23-12-16(27-17)13-6-8-14(20)9-7-13/h6-9,12,15H,2-5,10-11H2,1H3,(H2,21,25)(H,22,24). The van der Waals surface area contributed by atoms with E-state index in [1.807, 2.05) is 24.3 Å². The number of carbonyl (C=O) groups excluding carboxylic acids is 2. The second-order valence-corrected chi connectivity index (χ2v) is 8.14. The van der Waals surface area contributed by atoms with Gasteiger partial charge in [-0.05, 0) is 24.1 Å². The number of thiazole rings is 1. The third-order valence-corrected chi connectivity index (χ3v) is 5.52. The first kappa shape index (κ1) is 21.4. The Balaban J connectivity index is 1.97. The Hall–Kier alpha value is -1.93. The Bertz CT molecular complexity index is 749. The summed E-state index contributed by atoms with van der Waals surface area (Å²) < 4.78 is 6.01. The van der Waals surface area contributed by atoms with Crippen LogP contribution < -0.4 is 11.1 Å². The van der Waals surface area contributed by atoms with Gasteiger partial charge in [-0.15, -0.1) is 11.3 Å². The maximum absolute atomic E-state index is 12.4. The zero-order valence-corrected chi connectivity index (χ0v) is 17.6. The summed E-state index contributed by atoms with van der Waals surface area (Å²) in [5, 5.41) is 3.52. The van der Waals surface area contributed by atoms with E-state index in [-0.39, 0.29) is 12.3 Å². The summed E-state index contributed by atoms with van der Waals surface area (Å²) in [6.45, 7) is 2.69. The molecule has 2 rings (SSSR count). The topological polar surface area (TPSA) is 94.3 Å². The fourth-order valence-corrected chi connectivity index (χ4v) is 3.73. The molecule has 146 valence electrons. The molecule has 1 aromatic carbocycles. The lowest BCUT2D eigenvalue weighted by Gasteiger charge is -2.15. The summed E-state index contributed by atoms with van der Waals surface area (Å²) >= 11 is 4.87. The van der Waals surface area contributed by atoms with E-state index in [1.165, 1.54) is 11.3 Å². The quantitative estimate of drug-likeness (QED) is 0.524. The molecular formula is C19H24BrN3O3S. The van der Waals surface area contributed by atoms with Crippen molar-refractivity contribution in [3.8, 4) is 10.4 Å². The monoisotopic (exact) mass is 453 g/mol. The van der Waals surface area contributed by atoms with E-state index in [9.17, 15) is 9.59 Å². The van der Waals surface area contributed by atoms with E-state index in [2.05, 4.69) is 33.2 Å². The molecule has 0 radical (unpaired) electrons. The second-order valence-electron chi connectivity index (χ2n) is 6.11. The minimum atomic E-state index is -0.974. The zero-order chi connectivity index (χ0) is 19.6. The number of amides is 2. The van der Waals surface area contributed by atoms with E-state index < -0.39 is 12.2 Å². The number of nitrogens with zero attached hydrogens (tertiary/aromatic N) is 1. The molecule has 1 atom stereocenters. The van der Waals surface area contributed by atoms with E-state index in [4.69, 9.17) is 10.5 Å². The minimum Gasteiger partial charge on any atom is -0.436 e. The molecule has 2 amide bonds. The highest BCUT2D eigenvalue weighted by Gasteiger charge is 2.24. The van der Waals surface area contributed by atoms with Gasteiger partial charge < -0.3 is 15.8 Å². The summed E-state index contributed by atoms with van der Waals surface area (Å²) in [6.07, 6.45) is 4.23. The maximum Gasteiger partial charge on any atom is 0.405 e. The summed E-state index contributed by atoms with van der Waals surface area (Å²) in [6, 6.07) is 7.89. The predicted molar refractivity (Wildman–Crippen MR) is 111 cm³/mol. The second kappa shape index (κ2) is 11.0. The molecular weight excluding hydrogens is 430 g/mol. The van der Waals surface area contributed by atoms with Crippen molar-refractivity contribution in [2.75, 3.05) is 6.54 Å². The van der Waals surface area contributed by atoms with Crippen LogP contribution in [0.2, 0.25) is 0 Å². The molecule has 0 aliphatic carbocycles. The van der Waals surface area contributed by atoms with Crippen LogP contribution in [0.4, 0.5) is 4.79 Å². The number of ether oxygens (including phenoxy) is 1. The Morgan fingerprint density at radius 3 is 2.67 bits per heavy atom. The van der Waals surface area contributed by atoms with Crippen molar-refractivity contribution in [3.05, 3.63) is 39.9 Å². The van der Waals surface area contributed by atoms with Gasteiger partial charge in [0.2, 0.25) is 0 Å². The number of hydrogen-bond donors (Lipinski definition) is 2. The third kappa shape index (κ3) is 7.30. The van der Waals surface area contributed by atoms with Crippen molar-refractivity contribution in [1.29, 1.82) is 0 Å². The van der Waals surface area contributed by atoms with Crippen LogP contribution in [-0.4, -0.2) is 29.6 Å². The number of unbranched alkanes of at least 4 members (excludes halogenated alkanes) is 3. The first-order chi connectivity index (χ1) is 13.0. The van der Waals surface area contributed by atoms with Gasteiger partial charge in [0.15, 0.2) is 6.10 Å². The van der Waals surface area contributed by atoms with E-state index in [0.717, 1.165) is 40.6 Å². The maximum atomic E-state index is 12.4. The molecule has 8 heteroatoms. The Morgan fingerprint density at radius 1 is 1.26 bits per heavy atom.